The number of amides is 2. The van der Waals surface area contributed by atoms with Gasteiger partial charge in [0, 0.05) is 38.9 Å². The van der Waals surface area contributed by atoms with Gasteiger partial charge < -0.3 is 14.8 Å². The molecule has 9 heteroatoms. The van der Waals surface area contributed by atoms with E-state index in [1.807, 2.05) is 27.3 Å². The van der Waals surface area contributed by atoms with Crippen molar-refractivity contribution < 1.29 is 9.59 Å². The molecule has 3 heterocycles. The number of aryl methyl sites for hydroxylation is 3. The Hall–Kier alpha value is -2.71. The quantitative estimate of drug-likeness (QED) is 0.793. The molecule has 9 nitrogen and oxygen atoms in total. The minimum Gasteiger partial charge on any atom is -0.350 e. The van der Waals surface area contributed by atoms with Crippen LogP contribution >= 0.6 is 0 Å². The van der Waals surface area contributed by atoms with E-state index >= 15 is 0 Å². The highest BCUT2D eigenvalue weighted by atomic mass is 16.2. The second-order valence-corrected chi connectivity index (χ2v) is 7.73. The van der Waals surface area contributed by atoms with Crippen LogP contribution in [0, 0.1) is 5.92 Å². The van der Waals surface area contributed by atoms with Crippen molar-refractivity contribution in [3.63, 3.8) is 0 Å². The first kappa shape index (κ1) is 18.6. The molecule has 2 aromatic heterocycles. The van der Waals surface area contributed by atoms with Gasteiger partial charge in [0.25, 0.3) is 0 Å². The average molecular weight is 385 g/mol. The van der Waals surface area contributed by atoms with Crippen LogP contribution in [0.4, 0.5) is 0 Å². The molecule has 2 aromatic rings. The summed E-state index contributed by atoms with van der Waals surface area (Å²) in [5, 5.41) is 15.3. The van der Waals surface area contributed by atoms with Crippen LogP contribution in [-0.4, -0.2) is 47.8 Å². The van der Waals surface area contributed by atoms with Gasteiger partial charge in [0.2, 0.25) is 11.8 Å². The molecule has 1 aliphatic carbocycles. The molecule has 1 fully saturated rings. The third kappa shape index (κ3) is 4.07. The number of carbonyl (C=O) groups excluding carboxylic acids is 2. The van der Waals surface area contributed by atoms with Gasteiger partial charge in [-0.1, -0.05) is 6.42 Å². The maximum atomic E-state index is 12.6. The smallest absolute Gasteiger partial charge is 0.226 e. The molecule has 1 saturated carbocycles. The van der Waals surface area contributed by atoms with Crippen LogP contribution in [0.3, 0.4) is 0 Å². The van der Waals surface area contributed by atoms with Crippen molar-refractivity contribution in [1.29, 1.82) is 0 Å². The summed E-state index contributed by atoms with van der Waals surface area (Å²) in [6, 6.07) is 2.01. The first-order chi connectivity index (χ1) is 13.6. The van der Waals surface area contributed by atoms with Crippen LogP contribution in [0.15, 0.2) is 12.4 Å². The Morgan fingerprint density at radius 1 is 1.25 bits per heavy atom. The van der Waals surface area contributed by atoms with Crippen LogP contribution in [0.1, 0.15) is 49.3 Å². The normalized spacial score (nSPS) is 17.0. The molecule has 0 unspecified atom stereocenters. The molecule has 0 radical (unpaired) electrons. The molecule has 2 aliphatic rings. The van der Waals surface area contributed by atoms with E-state index in [2.05, 4.69) is 20.6 Å². The lowest BCUT2D eigenvalue weighted by atomic mass is 9.84. The van der Waals surface area contributed by atoms with Crippen molar-refractivity contribution in [3.05, 3.63) is 29.6 Å². The van der Waals surface area contributed by atoms with Crippen LogP contribution in [-0.2, 0) is 42.7 Å². The van der Waals surface area contributed by atoms with Gasteiger partial charge in [-0.3, -0.25) is 14.3 Å². The summed E-state index contributed by atoms with van der Waals surface area (Å²) >= 11 is 0. The van der Waals surface area contributed by atoms with Gasteiger partial charge in [-0.2, -0.15) is 5.10 Å². The zero-order valence-corrected chi connectivity index (χ0v) is 16.3. The summed E-state index contributed by atoms with van der Waals surface area (Å²) in [6.45, 7) is 2.62. The van der Waals surface area contributed by atoms with Gasteiger partial charge in [0.15, 0.2) is 0 Å². The highest BCUT2D eigenvalue weighted by Gasteiger charge is 2.30. The Morgan fingerprint density at radius 2 is 2.11 bits per heavy atom. The van der Waals surface area contributed by atoms with E-state index in [4.69, 9.17) is 0 Å². The maximum Gasteiger partial charge on any atom is 0.226 e. The molecule has 4 rings (SSSR count). The predicted molar refractivity (Wildman–Crippen MR) is 101 cm³/mol. The fraction of sp³-hybridized carbons (Fsp3) is 0.632. The monoisotopic (exact) mass is 385 g/mol. The fourth-order valence-electron chi connectivity index (χ4n) is 3.75. The second-order valence-electron chi connectivity index (χ2n) is 7.73. The molecular weight excluding hydrogens is 358 g/mol. The Labute approximate surface area is 164 Å². The lowest BCUT2D eigenvalue weighted by Gasteiger charge is -2.30. The van der Waals surface area contributed by atoms with E-state index in [0.717, 1.165) is 49.6 Å². The molecule has 1 N–H and O–H groups in total. The molecular formula is C19H27N7O2. The minimum atomic E-state index is -0.0343. The Bertz CT molecular complexity index is 852. The summed E-state index contributed by atoms with van der Waals surface area (Å²) in [6.07, 6.45) is 6.69. The molecule has 0 saturated heterocycles. The molecule has 1 aliphatic heterocycles. The van der Waals surface area contributed by atoms with Gasteiger partial charge in [-0.15, -0.1) is 10.2 Å². The summed E-state index contributed by atoms with van der Waals surface area (Å²) in [5.74, 6) is 1.27. The van der Waals surface area contributed by atoms with E-state index in [0.29, 0.717) is 31.8 Å². The predicted octanol–water partition coefficient (Wildman–Crippen LogP) is 0.793. The number of hydrogen-bond donors (Lipinski definition) is 1. The second kappa shape index (κ2) is 8.12. The molecule has 150 valence electrons. The van der Waals surface area contributed by atoms with Crippen LogP contribution in [0.2, 0.25) is 0 Å². The molecule has 28 heavy (non-hydrogen) atoms. The number of nitrogens with zero attached hydrogens (tertiary/aromatic N) is 6. The number of hydrogen-bond acceptors (Lipinski definition) is 5. The lowest BCUT2D eigenvalue weighted by Crippen LogP contribution is -2.38. The van der Waals surface area contributed by atoms with Crippen molar-refractivity contribution >= 4 is 11.8 Å². The fourth-order valence-corrected chi connectivity index (χ4v) is 3.75. The van der Waals surface area contributed by atoms with E-state index in [-0.39, 0.29) is 11.8 Å². The number of fused-ring (bicyclic) bond motifs is 1. The summed E-state index contributed by atoms with van der Waals surface area (Å²) < 4.78 is 3.80. The number of carbonyl (C=O) groups is 2. The topological polar surface area (TPSA) is 97.9 Å². The van der Waals surface area contributed by atoms with Crippen molar-refractivity contribution in [3.8, 4) is 0 Å². The Balaban J connectivity index is 1.30. The number of aromatic nitrogens is 5. The highest BCUT2D eigenvalue weighted by molar-refractivity contribution is 5.79. The van der Waals surface area contributed by atoms with Crippen molar-refractivity contribution in [2.75, 3.05) is 6.54 Å². The first-order valence-corrected chi connectivity index (χ1v) is 10.0. The van der Waals surface area contributed by atoms with Gasteiger partial charge in [-0.05, 0) is 25.3 Å². The summed E-state index contributed by atoms with van der Waals surface area (Å²) in [7, 11) is 1.87. The third-order valence-corrected chi connectivity index (χ3v) is 5.68. The molecule has 0 atom stereocenters. The van der Waals surface area contributed by atoms with Crippen LogP contribution < -0.4 is 5.32 Å². The average Bonchev–Trinajstić information content (AvgIpc) is 3.16. The largest absolute Gasteiger partial charge is 0.350 e. The zero-order chi connectivity index (χ0) is 19.5. The maximum absolute atomic E-state index is 12.6. The summed E-state index contributed by atoms with van der Waals surface area (Å²) in [5.41, 5.74) is 1.88. The standard InChI is InChI=1S/C19H27N7O2/c1-24-13-21-22-17(24)6-7-18(27)20-11-15-10-16-12-25(8-3-9-26(16)23-15)19(28)14-4-2-5-14/h10,13-14H,2-9,11-12H2,1H3,(H,20,27). The van der Waals surface area contributed by atoms with Crippen LogP contribution in [0.25, 0.3) is 0 Å². The SMILES string of the molecule is Cn1cnnc1CCC(=O)NCc1cc2n(n1)CCCN(C(=O)C1CCC1)C2. The van der Waals surface area contributed by atoms with E-state index in [1.165, 1.54) is 6.42 Å². The third-order valence-electron chi connectivity index (χ3n) is 5.68. The number of rotatable bonds is 6. The molecule has 2 amide bonds. The van der Waals surface area contributed by atoms with Crippen molar-refractivity contribution in [2.24, 2.45) is 13.0 Å². The van der Waals surface area contributed by atoms with Gasteiger partial charge >= 0.3 is 0 Å². The van der Waals surface area contributed by atoms with Gasteiger partial charge in [0.1, 0.15) is 12.2 Å². The van der Waals surface area contributed by atoms with Gasteiger partial charge in [-0.25, -0.2) is 0 Å². The molecule has 0 aromatic carbocycles. The lowest BCUT2D eigenvalue weighted by molar-refractivity contribution is -0.138. The van der Waals surface area contributed by atoms with E-state index in [9.17, 15) is 9.59 Å². The Morgan fingerprint density at radius 3 is 2.82 bits per heavy atom. The van der Waals surface area contributed by atoms with Crippen molar-refractivity contribution in [1.82, 2.24) is 34.8 Å². The number of nitrogens with one attached hydrogen (secondary N) is 1. The van der Waals surface area contributed by atoms with E-state index < -0.39 is 0 Å². The highest BCUT2D eigenvalue weighted by Crippen LogP contribution is 2.29. The van der Waals surface area contributed by atoms with Crippen molar-refractivity contribution in [2.45, 2.75) is 58.2 Å². The zero-order valence-electron chi connectivity index (χ0n) is 16.3. The first-order valence-electron chi connectivity index (χ1n) is 10.0. The van der Waals surface area contributed by atoms with Gasteiger partial charge in [0.05, 0.1) is 24.5 Å². The van der Waals surface area contributed by atoms with E-state index in [1.54, 1.807) is 6.33 Å². The minimum absolute atomic E-state index is 0.0343. The van der Waals surface area contributed by atoms with Crippen LogP contribution in [0.5, 0.6) is 0 Å². The molecule has 0 spiro atoms. The Kier molecular flexibility index (Phi) is 5.40. The molecule has 0 bridgehead atoms. The summed E-state index contributed by atoms with van der Waals surface area (Å²) in [4.78, 5) is 26.7.